The van der Waals surface area contributed by atoms with Crippen LogP contribution in [0, 0.1) is 46.3 Å². The second kappa shape index (κ2) is 11.9. The van der Waals surface area contributed by atoms with E-state index in [0.717, 1.165) is 44.9 Å². The second-order valence-electron chi connectivity index (χ2n) is 15.6. The molecule has 2 aliphatic heterocycles. The second-order valence-corrected chi connectivity index (χ2v) is 15.6. The molecule has 2 heterocycles. The predicted molar refractivity (Wildman–Crippen MR) is 158 cm³/mol. The zero-order valence-electron chi connectivity index (χ0n) is 26.7. The van der Waals surface area contributed by atoms with Gasteiger partial charge in [0.25, 0.3) is 0 Å². The van der Waals surface area contributed by atoms with Gasteiger partial charge >= 0.3 is 0 Å². The van der Waals surface area contributed by atoms with Gasteiger partial charge < -0.3 is 44.5 Å². The molecule has 6 aliphatic rings. The van der Waals surface area contributed by atoms with Gasteiger partial charge in [-0.1, -0.05) is 39.3 Å². The summed E-state index contributed by atoms with van der Waals surface area (Å²) in [6.07, 6.45) is 5.31. The Morgan fingerprint density at radius 3 is 2.53 bits per heavy atom. The minimum absolute atomic E-state index is 0.104. The minimum Gasteiger partial charge on any atom is -0.394 e. The molecule has 6 rings (SSSR count). The van der Waals surface area contributed by atoms with E-state index < -0.39 is 43.1 Å². The van der Waals surface area contributed by atoms with E-state index in [1.807, 2.05) is 0 Å². The van der Waals surface area contributed by atoms with E-state index in [1.165, 1.54) is 18.4 Å². The van der Waals surface area contributed by atoms with Crippen molar-refractivity contribution in [1.82, 2.24) is 0 Å². The molecule has 4 aliphatic carbocycles. The predicted octanol–water partition coefficient (Wildman–Crippen LogP) is 3.15. The zero-order chi connectivity index (χ0) is 30.9. The standard InChI is InChI=1S/C34H56O9/c1-18(17-41-31-30(39)29(38)28(37)26(16-35)42-31)8-13-34(40-5)19(2)27-25(43-34)15-24-22-7-6-20-14-21(36)9-11-32(20,3)23(22)10-12-33(24,27)4/h6,18-19,21-31,35-39H,7-17H2,1-5H3. The van der Waals surface area contributed by atoms with Crippen molar-refractivity contribution in [2.75, 3.05) is 20.3 Å². The lowest BCUT2D eigenvalue weighted by Gasteiger charge is -2.58. The first kappa shape index (κ1) is 32.3. The van der Waals surface area contributed by atoms with Gasteiger partial charge in [0.1, 0.15) is 24.4 Å². The van der Waals surface area contributed by atoms with E-state index >= 15 is 0 Å². The van der Waals surface area contributed by atoms with Crippen LogP contribution in [0.4, 0.5) is 0 Å². The highest BCUT2D eigenvalue weighted by Crippen LogP contribution is 2.70. The van der Waals surface area contributed by atoms with Crippen molar-refractivity contribution in [2.24, 2.45) is 46.3 Å². The Balaban J connectivity index is 1.09. The first-order valence-electron chi connectivity index (χ1n) is 16.9. The van der Waals surface area contributed by atoms with Gasteiger partial charge in [-0.25, -0.2) is 0 Å². The number of allylic oxidation sites excluding steroid dienone is 1. The number of rotatable bonds is 8. The maximum atomic E-state index is 10.4. The molecule has 246 valence electrons. The quantitative estimate of drug-likeness (QED) is 0.263. The van der Waals surface area contributed by atoms with Crippen molar-refractivity contribution in [3.05, 3.63) is 11.6 Å². The van der Waals surface area contributed by atoms with Crippen molar-refractivity contribution >= 4 is 0 Å². The Morgan fingerprint density at radius 1 is 1.05 bits per heavy atom. The number of ether oxygens (including phenoxy) is 4. The molecule has 5 N–H and O–H groups in total. The molecule has 0 radical (unpaired) electrons. The van der Waals surface area contributed by atoms with Gasteiger partial charge in [-0.05, 0) is 91.8 Å². The Kier molecular flexibility index (Phi) is 8.93. The average Bonchev–Trinajstić information content (AvgIpc) is 3.44. The summed E-state index contributed by atoms with van der Waals surface area (Å²) < 4.78 is 24.5. The highest BCUT2D eigenvalue weighted by atomic mass is 16.7. The molecule has 0 amide bonds. The van der Waals surface area contributed by atoms with Crippen LogP contribution in [-0.2, 0) is 18.9 Å². The monoisotopic (exact) mass is 608 g/mol. The van der Waals surface area contributed by atoms with Crippen molar-refractivity contribution < 1.29 is 44.5 Å². The van der Waals surface area contributed by atoms with E-state index in [1.54, 1.807) is 7.11 Å². The molecule has 0 bridgehead atoms. The molecule has 9 nitrogen and oxygen atoms in total. The van der Waals surface area contributed by atoms with Crippen molar-refractivity contribution in [3.8, 4) is 0 Å². The van der Waals surface area contributed by atoms with Crippen molar-refractivity contribution in [1.29, 1.82) is 0 Å². The van der Waals surface area contributed by atoms with Crippen LogP contribution in [0.1, 0.15) is 85.5 Å². The van der Waals surface area contributed by atoms with Crippen LogP contribution < -0.4 is 0 Å². The molecule has 0 aromatic carbocycles. The Hall–Kier alpha value is -0.620. The SMILES string of the molecule is COC1(CCC(C)COC2OC(CO)C(O)C(O)C2O)OC2CC3C4CC=C5CC(O)CCC5(C)C4CCC3(C)C2C1C. The lowest BCUT2D eigenvalue weighted by molar-refractivity contribution is -0.303. The largest absolute Gasteiger partial charge is 0.394 e. The topological polar surface area (TPSA) is 138 Å². The third-order valence-corrected chi connectivity index (χ3v) is 13.5. The summed E-state index contributed by atoms with van der Waals surface area (Å²) in [5, 5.41) is 50.2. The summed E-state index contributed by atoms with van der Waals surface area (Å²) in [4.78, 5) is 0. The molecular weight excluding hydrogens is 552 g/mol. The van der Waals surface area contributed by atoms with Crippen LogP contribution in [0.5, 0.6) is 0 Å². The molecule has 2 saturated heterocycles. The third-order valence-electron chi connectivity index (χ3n) is 13.5. The molecule has 9 heteroatoms. The summed E-state index contributed by atoms with van der Waals surface area (Å²) in [6.45, 7) is 9.23. The molecule has 0 aromatic heterocycles. The third kappa shape index (κ3) is 5.17. The lowest BCUT2D eigenvalue weighted by Crippen LogP contribution is -2.59. The van der Waals surface area contributed by atoms with Gasteiger partial charge in [0.15, 0.2) is 12.1 Å². The van der Waals surface area contributed by atoms with Gasteiger partial charge in [-0.3, -0.25) is 0 Å². The van der Waals surface area contributed by atoms with Crippen LogP contribution in [0.3, 0.4) is 0 Å². The summed E-state index contributed by atoms with van der Waals surface area (Å²) >= 11 is 0. The van der Waals surface area contributed by atoms with Crippen LogP contribution >= 0.6 is 0 Å². The van der Waals surface area contributed by atoms with Crippen molar-refractivity contribution in [2.45, 2.75) is 134 Å². The maximum Gasteiger partial charge on any atom is 0.186 e. The lowest BCUT2D eigenvalue weighted by atomic mass is 9.47. The molecule has 16 atom stereocenters. The molecule has 3 saturated carbocycles. The first-order chi connectivity index (χ1) is 20.4. The molecule has 5 fully saturated rings. The molecule has 0 aromatic rings. The van der Waals surface area contributed by atoms with E-state index in [0.29, 0.717) is 23.7 Å². The van der Waals surface area contributed by atoms with E-state index in [4.69, 9.17) is 18.9 Å². The van der Waals surface area contributed by atoms with Crippen molar-refractivity contribution in [3.63, 3.8) is 0 Å². The van der Waals surface area contributed by atoms with E-state index in [2.05, 4.69) is 33.8 Å². The zero-order valence-corrected chi connectivity index (χ0v) is 26.7. The number of methoxy groups -OCH3 is 1. The van der Waals surface area contributed by atoms with Gasteiger partial charge in [0, 0.05) is 19.4 Å². The van der Waals surface area contributed by atoms with Crippen LogP contribution in [0.25, 0.3) is 0 Å². The Bertz CT molecular complexity index is 1040. The fourth-order valence-corrected chi connectivity index (χ4v) is 10.9. The number of hydrogen-bond acceptors (Lipinski definition) is 9. The summed E-state index contributed by atoms with van der Waals surface area (Å²) in [5.74, 6) is 2.18. The van der Waals surface area contributed by atoms with Gasteiger partial charge in [0.05, 0.1) is 25.4 Å². The van der Waals surface area contributed by atoms with Gasteiger partial charge in [0.2, 0.25) is 0 Å². The molecular formula is C34H56O9. The molecule has 43 heavy (non-hydrogen) atoms. The van der Waals surface area contributed by atoms with Crippen LogP contribution in [-0.4, -0.2) is 94.6 Å². The minimum atomic E-state index is -1.44. The fraction of sp³-hybridized carbons (Fsp3) is 0.941. The Labute approximate surface area is 256 Å². The number of aliphatic hydroxyl groups is 5. The fourth-order valence-electron chi connectivity index (χ4n) is 10.9. The highest BCUT2D eigenvalue weighted by molar-refractivity contribution is 5.26. The average molecular weight is 609 g/mol. The first-order valence-corrected chi connectivity index (χ1v) is 16.9. The highest BCUT2D eigenvalue weighted by Gasteiger charge is 2.68. The van der Waals surface area contributed by atoms with Crippen LogP contribution in [0.15, 0.2) is 11.6 Å². The maximum absolute atomic E-state index is 10.4. The Morgan fingerprint density at radius 2 is 1.81 bits per heavy atom. The molecule has 16 unspecified atom stereocenters. The summed E-state index contributed by atoms with van der Waals surface area (Å²) in [7, 11) is 1.77. The number of fused-ring (bicyclic) bond motifs is 7. The smallest absolute Gasteiger partial charge is 0.186 e. The van der Waals surface area contributed by atoms with Crippen LogP contribution in [0.2, 0.25) is 0 Å². The summed E-state index contributed by atoms with van der Waals surface area (Å²) in [5.41, 5.74) is 1.97. The van der Waals surface area contributed by atoms with Gasteiger partial charge in [-0.15, -0.1) is 0 Å². The number of hydrogen-bond donors (Lipinski definition) is 5. The molecule has 0 spiro atoms. The van der Waals surface area contributed by atoms with E-state index in [9.17, 15) is 25.5 Å². The van der Waals surface area contributed by atoms with E-state index in [-0.39, 0.29) is 41.5 Å². The van der Waals surface area contributed by atoms with Gasteiger partial charge in [-0.2, -0.15) is 0 Å². The normalized spacial score (nSPS) is 53.4. The number of aliphatic hydroxyl groups excluding tert-OH is 5. The summed E-state index contributed by atoms with van der Waals surface area (Å²) in [6, 6.07) is 0.